The zero-order chi connectivity index (χ0) is 26.2. The zero-order valence-electron chi connectivity index (χ0n) is 21.8. The standard InChI is InChI=1S/C25H41N3O5S2/c1-24(2,3)32-21(29)15-28-14-20(19-11-9-13-34-19)35-16-18(22(28)30)27-17(10-7-8-12-26)23(31)33-25(4,5)6/h9,11,13,17-18,20,27H,7-8,10,12,14-16,26H2,1-6H3/t17-,18?,20?/m0/s1. The van der Waals surface area contributed by atoms with Gasteiger partial charge in [0.2, 0.25) is 5.91 Å². The maximum atomic E-state index is 13.6. The Morgan fingerprint density at radius 1 is 1.17 bits per heavy atom. The number of nitrogens with two attached hydrogens (primary N) is 1. The van der Waals surface area contributed by atoms with E-state index in [-0.39, 0.29) is 23.7 Å². The molecule has 1 fully saturated rings. The quantitative estimate of drug-likeness (QED) is 0.351. The van der Waals surface area contributed by atoms with Crippen LogP contribution >= 0.6 is 23.1 Å². The molecule has 1 aliphatic heterocycles. The third-order valence-corrected chi connectivity index (χ3v) is 7.57. The van der Waals surface area contributed by atoms with Gasteiger partial charge in [-0.15, -0.1) is 23.1 Å². The third kappa shape index (κ3) is 10.5. The number of rotatable bonds is 10. The van der Waals surface area contributed by atoms with Gasteiger partial charge in [-0.1, -0.05) is 12.5 Å². The number of esters is 2. The van der Waals surface area contributed by atoms with Gasteiger partial charge in [0.05, 0.1) is 11.3 Å². The molecule has 0 bridgehead atoms. The second-order valence-corrected chi connectivity index (χ2v) is 12.9. The highest BCUT2D eigenvalue weighted by Gasteiger charge is 2.37. The van der Waals surface area contributed by atoms with Gasteiger partial charge in [0, 0.05) is 17.2 Å². The monoisotopic (exact) mass is 527 g/mol. The van der Waals surface area contributed by atoms with E-state index in [2.05, 4.69) is 5.32 Å². The summed E-state index contributed by atoms with van der Waals surface area (Å²) in [6, 6.07) is 2.75. The number of nitrogens with zero attached hydrogens (tertiary/aromatic N) is 1. The SMILES string of the molecule is CC(C)(C)OC(=O)CN1CC(c2cccs2)SCC(N[C@@H](CCCCN)C(=O)OC(C)(C)C)C1=O. The second kappa shape index (κ2) is 13.1. The molecule has 2 heterocycles. The van der Waals surface area contributed by atoms with Gasteiger partial charge >= 0.3 is 11.9 Å². The van der Waals surface area contributed by atoms with Crippen LogP contribution in [0.1, 0.15) is 70.9 Å². The highest BCUT2D eigenvalue weighted by atomic mass is 32.2. The van der Waals surface area contributed by atoms with Gasteiger partial charge in [0.25, 0.3) is 0 Å². The van der Waals surface area contributed by atoms with E-state index in [1.165, 1.54) is 0 Å². The van der Waals surface area contributed by atoms with Crippen molar-refractivity contribution in [2.75, 3.05) is 25.4 Å². The summed E-state index contributed by atoms with van der Waals surface area (Å²) in [7, 11) is 0. The molecule has 0 saturated carbocycles. The molecule has 3 atom stereocenters. The largest absolute Gasteiger partial charge is 0.459 e. The Hall–Kier alpha value is -1.62. The van der Waals surface area contributed by atoms with Crippen molar-refractivity contribution in [3.05, 3.63) is 22.4 Å². The van der Waals surface area contributed by atoms with Gasteiger partial charge < -0.3 is 20.1 Å². The molecule has 8 nitrogen and oxygen atoms in total. The van der Waals surface area contributed by atoms with Crippen LogP contribution in [0.15, 0.2) is 17.5 Å². The number of amides is 1. The van der Waals surface area contributed by atoms with Crippen LogP contribution in [0.3, 0.4) is 0 Å². The van der Waals surface area contributed by atoms with Crippen molar-refractivity contribution in [1.29, 1.82) is 0 Å². The zero-order valence-corrected chi connectivity index (χ0v) is 23.4. The fourth-order valence-electron chi connectivity index (χ4n) is 3.66. The number of ether oxygens (including phenoxy) is 2. The number of thiophene rings is 1. The molecule has 1 aliphatic rings. The van der Waals surface area contributed by atoms with Gasteiger partial charge in [0.15, 0.2) is 0 Å². The molecular weight excluding hydrogens is 486 g/mol. The Balaban J connectivity index is 2.24. The molecule has 1 aromatic heterocycles. The lowest BCUT2D eigenvalue weighted by Gasteiger charge is -2.29. The van der Waals surface area contributed by atoms with Gasteiger partial charge in [-0.3, -0.25) is 19.7 Å². The molecule has 2 unspecified atom stereocenters. The Labute approximate surface area is 217 Å². The number of nitrogens with one attached hydrogen (secondary N) is 1. The van der Waals surface area contributed by atoms with Crippen LogP contribution in [0.25, 0.3) is 0 Å². The van der Waals surface area contributed by atoms with E-state index < -0.39 is 29.3 Å². The highest BCUT2D eigenvalue weighted by Crippen LogP contribution is 2.36. The molecule has 10 heteroatoms. The fraction of sp³-hybridized carbons (Fsp3) is 0.720. The topological polar surface area (TPSA) is 111 Å². The van der Waals surface area contributed by atoms with Gasteiger partial charge in [-0.25, -0.2) is 0 Å². The smallest absolute Gasteiger partial charge is 0.326 e. The summed E-state index contributed by atoms with van der Waals surface area (Å²) < 4.78 is 11.1. The Bertz CT molecular complexity index is 833. The Kier molecular flexibility index (Phi) is 11.1. The van der Waals surface area contributed by atoms with Gasteiger partial charge in [0.1, 0.15) is 23.8 Å². The normalized spacial score (nSPS) is 20.3. The minimum atomic E-state index is -0.643. The van der Waals surface area contributed by atoms with Gasteiger partial charge in [-0.05, 0) is 72.4 Å². The van der Waals surface area contributed by atoms with Crippen LogP contribution in [0.4, 0.5) is 0 Å². The number of carbonyl (C=O) groups excluding carboxylic acids is 3. The van der Waals surface area contributed by atoms with Crippen molar-refractivity contribution in [2.24, 2.45) is 5.73 Å². The highest BCUT2D eigenvalue weighted by molar-refractivity contribution is 7.99. The molecule has 0 aliphatic carbocycles. The summed E-state index contributed by atoms with van der Waals surface area (Å²) in [5, 5.41) is 5.31. The van der Waals surface area contributed by atoms with Crippen LogP contribution in [-0.2, 0) is 23.9 Å². The van der Waals surface area contributed by atoms with Crippen molar-refractivity contribution in [1.82, 2.24) is 10.2 Å². The number of hydrogen-bond acceptors (Lipinski definition) is 9. The fourth-order valence-corrected chi connectivity index (χ4v) is 5.92. The van der Waals surface area contributed by atoms with E-state index in [0.717, 1.165) is 17.7 Å². The Morgan fingerprint density at radius 2 is 1.86 bits per heavy atom. The van der Waals surface area contributed by atoms with Crippen molar-refractivity contribution >= 4 is 40.9 Å². The summed E-state index contributed by atoms with van der Waals surface area (Å²) in [6.45, 7) is 11.7. The number of unbranched alkanes of at least 4 members (excludes halogenated alkanes) is 1. The molecule has 0 radical (unpaired) electrons. The predicted molar refractivity (Wildman–Crippen MR) is 141 cm³/mol. The summed E-state index contributed by atoms with van der Waals surface area (Å²) in [6.07, 6.45) is 2.03. The average Bonchev–Trinajstić information content (AvgIpc) is 3.20. The van der Waals surface area contributed by atoms with Crippen molar-refractivity contribution in [3.8, 4) is 0 Å². The molecule has 2 rings (SSSR count). The van der Waals surface area contributed by atoms with E-state index in [1.54, 1.807) is 48.8 Å². The van der Waals surface area contributed by atoms with E-state index in [0.29, 0.717) is 25.3 Å². The minimum absolute atomic E-state index is 0.0328. The number of hydrogen-bond donors (Lipinski definition) is 2. The van der Waals surface area contributed by atoms with Gasteiger partial charge in [-0.2, -0.15) is 0 Å². The van der Waals surface area contributed by atoms with Crippen LogP contribution in [0.5, 0.6) is 0 Å². The van der Waals surface area contributed by atoms with Crippen LogP contribution in [-0.4, -0.2) is 71.4 Å². The van der Waals surface area contributed by atoms with Crippen LogP contribution in [0.2, 0.25) is 0 Å². The van der Waals surface area contributed by atoms with Crippen LogP contribution < -0.4 is 11.1 Å². The molecule has 198 valence electrons. The second-order valence-electron chi connectivity index (χ2n) is 10.7. The first-order valence-corrected chi connectivity index (χ1v) is 14.1. The summed E-state index contributed by atoms with van der Waals surface area (Å²) in [5.74, 6) is -0.574. The lowest BCUT2D eigenvalue weighted by molar-refractivity contribution is -0.160. The van der Waals surface area contributed by atoms with Crippen molar-refractivity contribution < 1.29 is 23.9 Å². The molecule has 3 N–H and O–H groups in total. The Morgan fingerprint density at radius 3 is 2.43 bits per heavy atom. The lowest BCUT2D eigenvalue weighted by atomic mass is 10.1. The molecular formula is C25H41N3O5S2. The summed E-state index contributed by atoms with van der Waals surface area (Å²) in [5.41, 5.74) is 4.36. The first kappa shape index (κ1) is 29.6. The number of thioether (sulfide) groups is 1. The minimum Gasteiger partial charge on any atom is -0.459 e. The average molecular weight is 528 g/mol. The van der Waals surface area contributed by atoms with Crippen LogP contribution in [0, 0.1) is 0 Å². The molecule has 0 aromatic carbocycles. The molecule has 1 amide bonds. The van der Waals surface area contributed by atoms with Crippen molar-refractivity contribution in [3.63, 3.8) is 0 Å². The predicted octanol–water partition coefficient (Wildman–Crippen LogP) is 3.50. The molecule has 0 spiro atoms. The molecule has 1 aromatic rings. The van der Waals surface area contributed by atoms with Crippen molar-refractivity contribution in [2.45, 2.75) is 89.3 Å². The first-order valence-electron chi connectivity index (χ1n) is 12.1. The molecule has 1 saturated heterocycles. The summed E-state index contributed by atoms with van der Waals surface area (Å²) >= 11 is 3.28. The third-order valence-electron chi connectivity index (χ3n) is 5.10. The maximum absolute atomic E-state index is 13.6. The van der Waals surface area contributed by atoms with E-state index in [1.807, 2.05) is 38.3 Å². The van der Waals surface area contributed by atoms with E-state index in [4.69, 9.17) is 15.2 Å². The van der Waals surface area contributed by atoms with E-state index in [9.17, 15) is 14.4 Å². The first-order chi connectivity index (χ1) is 16.3. The maximum Gasteiger partial charge on any atom is 0.326 e. The molecule has 35 heavy (non-hydrogen) atoms. The van der Waals surface area contributed by atoms with E-state index >= 15 is 0 Å². The summed E-state index contributed by atoms with van der Waals surface area (Å²) in [4.78, 5) is 41.9. The lowest BCUT2D eigenvalue weighted by Crippen LogP contribution is -2.54. The number of carbonyl (C=O) groups is 3.